The van der Waals surface area contributed by atoms with E-state index in [0.29, 0.717) is 24.5 Å². The van der Waals surface area contributed by atoms with Crippen molar-refractivity contribution in [1.29, 1.82) is 0 Å². The van der Waals surface area contributed by atoms with E-state index in [0.717, 1.165) is 48.2 Å². The molecule has 1 aliphatic heterocycles. The summed E-state index contributed by atoms with van der Waals surface area (Å²) in [6.07, 6.45) is 0. The maximum absolute atomic E-state index is 13.6. The van der Waals surface area contributed by atoms with Crippen LogP contribution in [-0.4, -0.2) is 70.0 Å². The maximum atomic E-state index is 13.6. The van der Waals surface area contributed by atoms with Crippen LogP contribution in [0.15, 0.2) is 41.2 Å². The number of H-pyrrole nitrogens is 1. The monoisotopic (exact) mass is 501 g/mol. The summed E-state index contributed by atoms with van der Waals surface area (Å²) in [7, 11) is 1.66. The van der Waals surface area contributed by atoms with Gasteiger partial charge in [-0.2, -0.15) is 0 Å². The van der Waals surface area contributed by atoms with E-state index >= 15 is 0 Å². The standard InChI is InChI=1S/C28H35N7O2/c1-18-6-7-20(3)24(16-18)33-10-12-34(13-11-33)26(27-30-31-32-35(27)14-15-37-5)23-17-22-19(2)8-9-21(4)25(22)29-28(23)36/h6-9,16-17,26H,10-15H2,1-5H3,(H,29,36)/t26-/m1/s1. The van der Waals surface area contributed by atoms with Gasteiger partial charge in [0, 0.05) is 49.9 Å². The summed E-state index contributed by atoms with van der Waals surface area (Å²) >= 11 is 0. The Morgan fingerprint density at radius 1 is 0.973 bits per heavy atom. The number of rotatable bonds is 7. The Balaban J connectivity index is 1.55. The van der Waals surface area contributed by atoms with Crippen molar-refractivity contribution in [3.05, 3.63) is 80.4 Å². The van der Waals surface area contributed by atoms with Gasteiger partial charge < -0.3 is 14.6 Å². The number of methoxy groups -OCH3 is 1. The van der Waals surface area contributed by atoms with E-state index in [2.05, 4.69) is 75.3 Å². The molecule has 2 aromatic heterocycles. The van der Waals surface area contributed by atoms with Crippen LogP contribution in [0.3, 0.4) is 0 Å². The SMILES string of the molecule is COCCn1nnnc1[C@@H](c1cc2c(C)ccc(C)c2[nH]c1=O)N1CCN(c2cc(C)ccc2C)CC1. The Labute approximate surface area is 217 Å². The summed E-state index contributed by atoms with van der Waals surface area (Å²) in [5.74, 6) is 0.660. The number of nitrogens with zero attached hydrogens (tertiary/aromatic N) is 6. The van der Waals surface area contributed by atoms with Crippen LogP contribution in [0.2, 0.25) is 0 Å². The first-order valence-electron chi connectivity index (χ1n) is 12.8. The molecule has 3 heterocycles. The quantitative estimate of drug-likeness (QED) is 0.415. The van der Waals surface area contributed by atoms with Gasteiger partial charge in [0.05, 0.1) is 18.7 Å². The summed E-state index contributed by atoms with van der Waals surface area (Å²) in [6, 6.07) is 12.4. The van der Waals surface area contributed by atoms with Gasteiger partial charge in [-0.25, -0.2) is 4.68 Å². The minimum atomic E-state index is -0.374. The van der Waals surface area contributed by atoms with Crippen molar-refractivity contribution >= 4 is 16.6 Å². The van der Waals surface area contributed by atoms with Gasteiger partial charge in [0.1, 0.15) is 6.04 Å². The first kappa shape index (κ1) is 25.1. The largest absolute Gasteiger partial charge is 0.383 e. The summed E-state index contributed by atoms with van der Waals surface area (Å²) in [5.41, 5.74) is 7.41. The maximum Gasteiger partial charge on any atom is 0.253 e. The molecule has 0 spiro atoms. The molecule has 5 rings (SSSR count). The van der Waals surface area contributed by atoms with Gasteiger partial charge in [-0.3, -0.25) is 9.69 Å². The molecule has 0 bridgehead atoms. The Kier molecular flexibility index (Phi) is 7.08. The number of hydrogen-bond acceptors (Lipinski definition) is 7. The lowest BCUT2D eigenvalue weighted by Gasteiger charge is -2.40. The average Bonchev–Trinajstić information content (AvgIpc) is 3.36. The minimum Gasteiger partial charge on any atom is -0.383 e. The number of pyridine rings is 1. The molecule has 9 heteroatoms. The van der Waals surface area contributed by atoms with E-state index in [1.807, 2.05) is 19.1 Å². The molecule has 9 nitrogen and oxygen atoms in total. The van der Waals surface area contributed by atoms with Crippen molar-refractivity contribution in [3.8, 4) is 0 Å². The molecule has 1 N–H and O–H groups in total. The summed E-state index contributed by atoms with van der Waals surface area (Å²) in [4.78, 5) is 21.5. The predicted molar refractivity (Wildman–Crippen MR) is 145 cm³/mol. The third kappa shape index (κ3) is 4.89. The second-order valence-corrected chi connectivity index (χ2v) is 10.0. The number of anilines is 1. The number of fused-ring (bicyclic) bond motifs is 1. The van der Waals surface area contributed by atoms with Crippen LogP contribution in [-0.2, 0) is 11.3 Å². The molecule has 37 heavy (non-hydrogen) atoms. The second-order valence-electron chi connectivity index (χ2n) is 10.0. The second kappa shape index (κ2) is 10.4. The van der Waals surface area contributed by atoms with Gasteiger partial charge in [-0.15, -0.1) is 5.10 Å². The molecular weight excluding hydrogens is 466 g/mol. The zero-order valence-corrected chi connectivity index (χ0v) is 22.3. The van der Waals surface area contributed by atoms with Crippen LogP contribution >= 0.6 is 0 Å². The number of aryl methyl sites for hydroxylation is 4. The Morgan fingerprint density at radius 3 is 2.46 bits per heavy atom. The van der Waals surface area contributed by atoms with Crippen LogP contribution in [0, 0.1) is 27.7 Å². The summed E-state index contributed by atoms with van der Waals surface area (Å²) < 4.78 is 7.05. The molecule has 2 aromatic carbocycles. The molecular formula is C28H35N7O2. The number of ether oxygens (including phenoxy) is 1. The van der Waals surface area contributed by atoms with E-state index in [9.17, 15) is 4.79 Å². The van der Waals surface area contributed by atoms with E-state index in [-0.39, 0.29) is 11.6 Å². The number of benzene rings is 2. The zero-order valence-electron chi connectivity index (χ0n) is 22.3. The molecule has 0 saturated carbocycles. The number of aromatic nitrogens is 5. The molecule has 4 aromatic rings. The molecule has 1 atom stereocenters. The normalized spacial score (nSPS) is 15.4. The fourth-order valence-electron chi connectivity index (χ4n) is 5.32. The number of nitrogens with one attached hydrogen (secondary N) is 1. The first-order chi connectivity index (χ1) is 17.9. The minimum absolute atomic E-state index is 0.107. The number of piperazine rings is 1. The highest BCUT2D eigenvalue weighted by Gasteiger charge is 2.33. The fraction of sp³-hybridized carbons (Fsp3) is 0.429. The van der Waals surface area contributed by atoms with Gasteiger partial charge in [0.25, 0.3) is 5.56 Å². The highest BCUT2D eigenvalue weighted by molar-refractivity contribution is 5.85. The van der Waals surface area contributed by atoms with Gasteiger partial charge in [0.2, 0.25) is 0 Å². The van der Waals surface area contributed by atoms with Crippen molar-refractivity contribution in [3.63, 3.8) is 0 Å². The van der Waals surface area contributed by atoms with Crippen LogP contribution in [0.25, 0.3) is 10.9 Å². The van der Waals surface area contributed by atoms with E-state index in [1.54, 1.807) is 11.8 Å². The molecule has 1 saturated heterocycles. The van der Waals surface area contributed by atoms with E-state index in [1.165, 1.54) is 16.8 Å². The molecule has 0 radical (unpaired) electrons. The third-order valence-corrected chi connectivity index (χ3v) is 7.46. The zero-order chi connectivity index (χ0) is 26.1. The fourth-order valence-corrected chi connectivity index (χ4v) is 5.32. The molecule has 1 fully saturated rings. The van der Waals surface area contributed by atoms with Crippen LogP contribution in [0.5, 0.6) is 0 Å². The first-order valence-corrected chi connectivity index (χ1v) is 12.8. The van der Waals surface area contributed by atoms with Gasteiger partial charge in [0.15, 0.2) is 5.82 Å². The number of tetrazole rings is 1. The lowest BCUT2D eigenvalue weighted by molar-refractivity contribution is 0.171. The third-order valence-electron chi connectivity index (χ3n) is 7.46. The van der Waals surface area contributed by atoms with Crippen LogP contribution < -0.4 is 10.5 Å². The van der Waals surface area contributed by atoms with Crippen molar-refractivity contribution < 1.29 is 4.74 Å². The van der Waals surface area contributed by atoms with E-state index in [4.69, 9.17) is 4.74 Å². The van der Waals surface area contributed by atoms with Crippen molar-refractivity contribution in [2.24, 2.45) is 0 Å². The van der Waals surface area contributed by atoms with Crippen LogP contribution in [0.4, 0.5) is 5.69 Å². The van der Waals surface area contributed by atoms with Gasteiger partial charge in [-0.05, 0) is 72.5 Å². The lowest BCUT2D eigenvalue weighted by atomic mass is 9.99. The van der Waals surface area contributed by atoms with Crippen molar-refractivity contribution in [2.45, 2.75) is 40.3 Å². The Bertz CT molecular complexity index is 1470. The molecule has 194 valence electrons. The lowest BCUT2D eigenvalue weighted by Crippen LogP contribution is -2.49. The predicted octanol–water partition coefficient (Wildman–Crippen LogP) is 3.31. The molecule has 0 amide bonds. The van der Waals surface area contributed by atoms with Gasteiger partial charge >= 0.3 is 0 Å². The topological polar surface area (TPSA) is 92.2 Å². The highest BCUT2D eigenvalue weighted by atomic mass is 16.5. The molecule has 1 aliphatic rings. The Morgan fingerprint density at radius 2 is 1.70 bits per heavy atom. The molecule has 0 aliphatic carbocycles. The van der Waals surface area contributed by atoms with Crippen molar-refractivity contribution in [1.82, 2.24) is 30.1 Å². The van der Waals surface area contributed by atoms with E-state index < -0.39 is 0 Å². The molecule has 0 unspecified atom stereocenters. The van der Waals surface area contributed by atoms with Gasteiger partial charge in [-0.1, -0.05) is 24.3 Å². The number of aromatic amines is 1. The van der Waals surface area contributed by atoms with Crippen molar-refractivity contribution in [2.75, 3.05) is 44.8 Å². The average molecular weight is 502 g/mol. The smallest absolute Gasteiger partial charge is 0.253 e. The summed E-state index contributed by atoms with van der Waals surface area (Å²) in [6.45, 7) is 12.6. The van der Waals surface area contributed by atoms with Crippen LogP contribution in [0.1, 0.15) is 39.7 Å². The Hall–Kier alpha value is -3.56. The summed E-state index contributed by atoms with van der Waals surface area (Å²) in [5, 5.41) is 13.7. The highest BCUT2D eigenvalue weighted by Crippen LogP contribution is 2.31. The number of hydrogen-bond donors (Lipinski definition) is 1.